The molecule has 0 radical (unpaired) electrons. The number of sulfone groups is 1. The topological polar surface area (TPSA) is 85.8 Å². The highest BCUT2D eigenvalue weighted by Gasteiger charge is 2.28. The summed E-state index contributed by atoms with van der Waals surface area (Å²) in [5, 5.41) is 0.969. The summed E-state index contributed by atoms with van der Waals surface area (Å²) in [6.07, 6.45) is 1.53. The van der Waals surface area contributed by atoms with Crippen LogP contribution in [0.5, 0.6) is 5.75 Å². The molecule has 2 heterocycles. The lowest BCUT2D eigenvalue weighted by molar-refractivity contribution is -0.118. The Hall–Kier alpha value is -2.20. The van der Waals surface area contributed by atoms with Gasteiger partial charge in [-0.15, -0.1) is 0 Å². The number of carbonyl (C=O) groups excluding carboxylic acids is 1. The van der Waals surface area contributed by atoms with Crippen LogP contribution in [-0.2, 0) is 19.4 Å². The van der Waals surface area contributed by atoms with E-state index in [4.69, 9.17) is 21.1 Å². The van der Waals surface area contributed by atoms with Gasteiger partial charge in [0.15, 0.2) is 15.0 Å². The number of anilines is 1. The van der Waals surface area contributed by atoms with Gasteiger partial charge in [-0.3, -0.25) is 9.69 Å². The second-order valence-corrected chi connectivity index (χ2v) is 11.2. The first-order valence-corrected chi connectivity index (χ1v) is 13.6. The molecule has 1 unspecified atom stereocenters. The largest absolute Gasteiger partial charge is 0.492 e. The predicted molar refractivity (Wildman–Crippen MR) is 130 cm³/mol. The fourth-order valence-electron chi connectivity index (χ4n) is 3.69. The summed E-state index contributed by atoms with van der Waals surface area (Å²) < 4.78 is 37.8. The van der Waals surface area contributed by atoms with Gasteiger partial charge in [0.05, 0.1) is 34.6 Å². The van der Waals surface area contributed by atoms with Crippen LogP contribution in [0.25, 0.3) is 10.2 Å². The molecule has 176 valence electrons. The molecule has 3 aromatic rings. The second-order valence-electron chi connectivity index (χ2n) is 7.69. The first-order chi connectivity index (χ1) is 15.9. The van der Waals surface area contributed by atoms with E-state index in [1.807, 2.05) is 25.1 Å². The van der Waals surface area contributed by atoms with Crippen LogP contribution in [0.2, 0.25) is 5.02 Å². The minimum Gasteiger partial charge on any atom is -0.492 e. The zero-order valence-electron chi connectivity index (χ0n) is 18.2. The van der Waals surface area contributed by atoms with Crippen LogP contribution in [-0.4, -0.2) is 50.9 Å². The highest BCUT2D eigenvalue weighted by molar-refractivity contribution is 7.91. The van der Waals surface area contributed by atoms with Crippen molar-refractivity contribution in [1.29, 1.82) is 0 Å². The third kappa shape index (κ3) is 5.66. The average molecular weight is 509 g/mol. The van der Waals surface area contributed by atoms with Crippen LogP contribution < -0.4 is 9.64 Å². The summed E-state index contributed by atoms with van der Waals surface area (Å²) in [7, 11) is -3.63. The number of para-hydroxylation sites is 1. The third-order valence-corrected chi connectivity index (χ3v) is 8.40. The van der Waals surface area contributed by atoms with Crippen LogP contribution in [0.4, 0.5) is 5.13 Å². The smallest absolute Gasteiger partial charge is 0.229 e. The molecule has 1 amide bonds. The monoisotopic (exact) mass is 508 g/mol. The molecule has 1 aromatic heterocycles. The van der Waals surface area contributed by atoms with Crippen molar-refractivity contribution in [2.45, 2.75) is 37.2 Å². The standard InChI is InChI=1S/C23H25ClN2O5S2/c1-2-30-19-6-3-7-20-22(19)25-23(32-20)26(15-17-5-4-13-31-17)21(27)12-14-33(28,29)18-10-8-16(24)9-11-18/h3,6-11,17H,2,4-5,12-15H2,1H3. The molecule has 0 saturated carbocycles. The first kappa shape index (κ1) is 23.9. The molecule has 2 aromatic carbocycles. The van der Waals surface area contributed by atoms with Crippen LogP contribution in [0, 0.1) is 0 Å². The van der Waals surface area contributed by atoms with Crippen LogP contribution in [0.1, 0.15) is 26.2 Å². The van der Waals surface area contributed by atoms with Crippen LogP contribution >= 0.6 is 22.9 Å². The van der Waals surface area contributed by atoms with Crippen LogP contribution in [0.3, 0.4) is 0 Å². The molecule has 10 heteroatoms. The minimum absolute atomic E-state index is 0.0970. The number of ether oxygens (including phenoxy) is 2. The molecule has 33 heavy (non-hydrogen) atoms. The van der Waals surface area contributed by atoms with E-state index in [1.54, 1.807) is 4.90 Å². The molecule has 0 aliphatic carbocycles. The molecule has 1 aliphatic rings. The molecule has 7 nitrogen and oxygen atoms in total. The highest BCUT2D eigenvalue weighted by Crippen LogP contribution is 2.35. The quantitative estimate of drug-likeness (QED) is 0.415. The number of fused-ring (bicyclic) bond motifs is 1. The normalized spacial score (nSPS) is 16.2. The Labute approximate surface area is 202 Å². The van der Waals surface area contributed by atoms with E-state index in [-0.39, 0.29) is 29.1 Å². The second kappa shape index (κ2) is 10.4. The number of hydrogen-bond donors (Lipinski definition) is 0. The van der Waals surface area contributed by atoms with Gasteiger partial charge in [-0.25, -0.2) is 13.4 Å². The van der Waals surface area contributed by atoms with Crippen molar-refractivity contribution < 1.29 is 22.7 Å². The Balaban J connectivity index is 1.57. The van der Waals surface area contributed by atoms with E-state index in [0.29, 0.717) is 41.2 Å². The number of amides is 1. The summed E-state index contributed by atoms with van der Waals surface area (Å²) in [5.74, 6) is 0.0530. The maximum absolute atomic E-state index is 13.3. The lowest BCUT2D eigenvalue weighted by Crippen LogP contribution is -2.38. The average Bonchev–Trinajstić information content (AvgIpc) is 3.46. The number of thiazole rings is 1. The van der Waals surface area contributed by atoms with Crippen molar-refractivity contribution in [1.82, 2.24) is 4.98 Å². The molecule has 0 N–H and O–H groups in total. The Bertz CT molecular complexity index is 1220. The van der Waals surface area contributed by atoms with E-state index in [2.05, 4.69) is 4.98 Å². The summed E-state index contributed by atoms with van der Waals surface area (Å²) in [4.78, 5) is 19.7. The predicted octanol–water partition coefficient (Wildman–Crippen LogP) is 4.72. The lowest BCUT2D eigenvalue weighted by Gasteiger charge is -2.23. The Morgan fingerprint density at radius 3 is 2.76 bits per heavy atom. The summed E-state index contributed by atoms with van der Waals surface area (Å²) >= 11 is 7.24. The molecule has 1 atom stereocenters. The lowest BCUT2D eigenvalue weighted by atomic mass is 10.2. The Morgan fingerprint density at radius 2 is 2.06 bits per heavy atom. The first-order valence-electron chi connectivity index (χ1n) is 10.8. The van der Waals surface area contributed by atoms with Gasteiger partial charge in [0.25, 0.3) is 0 Å². The SMILES string of the molecule is CCOc1cccc2sc(N(CC3CCCO3)C(=O)CCS(=O)(=O)c3ccc(Cl)cc3)nc12. The summed E-state index contributed by atoms with van der Waals surface area (Å²) in [6, 6.07) is 11.6. The Kier molecular flexibility index (Phi) is 7.53. The van der Waals surface area contributed by atoms with E-state index in [0.717, 1.165) is 17.5 Å². The molecular formula is C23H25ClN2O5S2. The van der Waals surface area contributed by atoms with Gasteiger partial charge >= 0.3 is 0 Å². The van der Waals surface area contributed by atoms with Crippen LogP contribution in [0.15, 0.2) is 47.4 Å². The zero-order chi connectivity index (χ0) is 23.4. The van der Waals surface area contributed by atoms with Gasteiger partial charge in [-0.05, 0) is 56.2 Å². The van der Waals surface area contributed by atoms with E-state index < -0.39 is 9.84 Å². The number of halogens is 1. The number of carbonyl (C=O) groups is 1. The fourth-order valence-corrected chi connectivity index (χ4v) is 6.06. The fraction of sp³-hybridized carbons (Fsp3) is 0.391. The van der Waals surface area contributed by atoms with Crippen molar-refractivity contribution in [2.75, 3.05) is 30.4 Å². The summed E-state index contributed by atoms with van der Waals surface area (Å²) in [5.41, 5.74) is 0.693. The number of rotatable bonds is 9. The van der Waals surface area contributed by atoms with Gasteiger partial charge in [0.2, 0.25) is 5.91 Å². The molecule has 1 aliphatic heterocycles. The maximum atomic E-state index is 13.3. The maximum Gasteiger partial charge on any atom is 0.229 e. The van der Waals surface area contributed by atoms with Crippen molar-refractivity contribution >= 4 is 54.0 Å². The Morgan fingerprint density at radius 1 is 1.27 bits per heavy atom. The van der Waals surface area contributed by atoms with Gasteiger partial charge in [-0.1, -0.05) is 29.0 Å². The van der Waals surface area contributed by atoms with Crippen molar-refractivity contribution in [2.24, 2.45) is 0 Å². The van der Waals surface area contributed by atoms with Gasteiger partial charge in [0, 0.05) is 18.1 Å². The summed E-state index contributed by atoms with van der Waals surface area (Å²) in [6.45, 7) is 3.41. The van der Waals surface area contributed by atoms with Gasteiger partial charge in [0.1, 0.15) is 11.3 Å². The molecule has 4 rings (SSSR count). The number of benzene rings is 2. The highest BCUT2D eigenvalue weighted by atomic mass is 35.5. The molecule has 1 saturated heterocycles. The molecule has 1 fully saturated rings. The van der Waals surface area contributed by atoms with Gasteiger partial charge in [-0.2, -0.15) is 0 Å². The molecule has 0 bridgehead atoms. The number of nitrogens with zero attached hydrogens (tertiary/aromatic N) is 2. The van der Waals surface area contributed by atoms with E-state index in [1.165, 1.54) is 35.6 Å². The van der Waals surface area contributed by atoms with Gasteiger partial charge < -0.3 is 9.47 Å². The van der Waals surface area contributed by atoms with E-state index >= 15 is 0 Å². The number of aromatic nitrogens is 1. The van der Waals surface area contributed by atoms with Crippen molar-refractivity contribution in [3.8, 4) is 5.75 Å². The molecular weight excluding hydrogens is 484 g/mol. The van der Waals surface area contributed by atoms with Crippen molar-refractivity contribution in [3.05, 3.63) is 47.5 Å². The van der Waals surface area contributed by atoms with E-state index in [9.17, 15) is 13.2 Å². The third-order valence-electron chi connectivity index (χ3n) is 5.37. The number of hydrogen-bond acceptors (Lipinski definition) is 7. The molecule has 0 spiro atoms. The van der Waals surface area contributed by atoms with Crippen molar-refractivity contribution in [3.63, 3.8) is 0 Å². The minimum atomic E-state index is -3.63. The zero-order valence-corrected chi connectivity index (χ0v) is 20.6.